The average molecular weight is 346 g/mol. The van der Waals surface area contributed by atoms with Gasteiger partial charge in [0.15, 0.2) is 6.10 Å². The molecule has 22 heavy (non-hydrogen) atoms. The Morgan fingerprint density at radius 3 is 2.59 bits per heavy atom. The molecule has 0 bridgehead atoms. The molecule has 2 rings (SSSR count). The van der Waals surface area contributed by atoms with Crippen LogP contribution in [0, 0.1) is 11.6 Å². The van der Waals surface area contributed by atoms with Crippen molar-refractivity contribution in [2.75, 3.05) is 5.32 Å². The Bertz CT molecular complexity index is 710. The maximum absolute atomic E-state index is 13.5. The first-order chi connectivity index (χ1) is 10.4. The lowest BCUT2D eigenvalue weighted by molar-refractivity contribution is -0.122. The van der Waals surface area contributed by atoms with Crippen LogP contribution in [0.1, 0.15) is 6.92 Å². The highest BCUT2D eigenvalue weighted by Gasteiger charge is 2.18. The summed E-state index contributed by atoms with van der Waals surface area (Å²) in [7, 11) is 0. The lowest BCUT2D eigenvalue weighted by atomic mass is 10.2. The van der Waals surface area contributed by atoms with Crippen LogP contribution in [-0.4, -0.2) is 12.0 Å². The molecule has 0 spiro atoms. The van der Waals surface area contributed by atoms with Gasteiger partial charge in [0.25, 0.3) is 5.91 Å². The zero-order valence-corrected chi connectivity index (χ0v) is 12.9. The molecule has 1 amide bonds. The van der Waals surface area contributed by atoms with E-state index >= 15 is 0 Å². The maximum atomic E-state index is 13.5. The SMILES string of the molecule is CC(Oc1ccc(Cl)cc1Cl)C(=O)Nc1cc(F)ccc1F. The normalized spacial score (nSPS) is 11.9. The lowest BCUT2D eigenvalue weighted by Crippen LogP contribution is -2.30. The maximum Gasteiger partial charge on any atom is 0.265 e. The fourth-order valence-electron chi connectivity index (χ4n) is 1.64. The van der Waals surface area contributed by atoms with E-state index in [1.165, 1.54) is 19.1 Å². The third-order valence-electron chi connectivity index (χ3n) is 2.75. The average Bonchev–Trinajstić information content (AvgIpc) is 2.45. The predicted molar refractivity (Wildman–Crippen MR) is 81.5 cm³/mol. The van der Waals surface area contributed by atoms with Gasteiger partial charge in [-0.15, -0.1) is 0 Å². The summed E-state index contributed by atoms with van der Waals surface area (Å²) in [5, 5.41) is 2.92. The van der Waals surface area contributed by atoms with Gasteiger partial charge in [-0.05, 0) is 37.3 Å². The topological polar surface area (TPSA) is 38.3 Å². The molecule has 0 radical (unpaired) electrons. The van der Waals surface area contributed by atoms with Gasteiger partial charge in [-0.2, -0.15) is 0 Å². The molecule has 2 aromatic carbocycles. The molecule has 0 saturated heterocycles. The third-order valence-corrected chi connectivity index (χ3v) is 3.28. The van der Waals surface area contributed by atoms with Crippen molar-refractivity contribution in [2.24, 2.45) is 0 Å². The highest BCUT2D eigenvalue weighted by Crippen LogP contribution is 2.28. The minimum Gasteiger partial charge on any atom is -0.479 e. The first kappa shape index (κ1) is 16.5. The number of nitrogens with one attached hydrogen (secondary N) is 1. The summed E-state index contributed by atoms with van der Waals surface area (Å²) in [4.78, 5) is 12.0. The van der Waals surface area contributed by atoms with E-state index in [4.69, 9.17) is 27.9 Å². The highest BCUT2D eigenvalue weighted by molar-refractivity contribution is 6.35. The second-order valence-electron chi connectivity index (χ2n) is 4.45. The van der Waals surface area contributed by atoms with Crippen LogP contribution < -0.4 is 10.1 Å². The number of amides is 1. The Labute approximate surface area is 135 Å². The molecule has 0 aliphatic rings. The Hall–Kier alpha value is -1.85. The number of rotatable bonds is 4. The van der Waals surface area contributed by atoms with Crippen LogP contribution in [0.5, 0.6) is 5.75 Å². The molecule has 0 fully saturated rings. The number of carbonyl (C=O) groups excluding carboxylic acids is 1. The number of halogens is 4. The minimum absolute atomic E-state index is 0.240. The zero-order valence-electron chi connectivity index (χ0n) is 11.4. The predicted octanol–water partition coefficient (Wildman–Crippen LogP) is 4.68. The quantitative estimate of drug-likeness (QED) is 0.873. The first-order valence-corrected chi connectivity index (χ1v) is 7.00. The van der Waals surface area contributed by atoms with Crippen LogP contribution in [0.3, 0.4) is 0 Å². The van der Waals surface area contributed by atoms with Crippen LogP contribution in [0.2, 0.25) is 10.0 Å². The molecule has 7 heteroatoms. The van der Waals surface area contributed by atoms with E-state index in [9.17, 15) is 13.6 Å². The van der Waals surface area contributed by atoms with Gasteiger partial charge in [-0.25, -0.2) is 8.78 Å². The van der Waals surface area contributed by atoms with Gasteiger partial charge in [0.05, 0.1) is 10.7 Å². The van der Waals surface area contributed by atoms with Gasteiger partial charge in [0.2, 0.25) is 0 Å². The molecule has 0 saturated carbocycles. The van der Waals surface area contributed by atoms with Gasteiger partial charge in [-0.1, -0.05) is 23.2 Å². The molecule has 0 heterocycles. The molecule has 1 N–H and O–H groups in total. The fourth-order valence-corrected chi connectivity index (χ4v) is 2.10. The smallest absolute Gasteiger partial charge is 0.265 e. The van der Waals surface area contributed by atoms with Crippen LogP contribution in [0.4, 0.5) is 14.5 Å². The van der Waals surface area contributed by atoms with E-state index in [0.717, 1.165) is 18.2 Å². The molecular formula is C15H11Cl2F2NO2. The van der Waals surface area contributed by atoms with Gasteiger partial charge in [-0.3, -0.25) is 4.79 Å². The van der Waals surface area contributed by atoms with E-state index in [1.54, 1.807) is 6.07 Å². The second-order valence-corrected chi connectivity index (χ2v) is 5.29. The summed E-state index contributed by atoms with van der Waals surface area (Å²) >= 11 is 11.7. The summed E-state index contributed by atoms with van der Waals surface area (Å²) < 4.78 is 31.9. The Kier molecular flexibility index (Phi) is 5.21. The number of anilines is 1. The number of benzene rings is 2. The van der Waals surface area contributed by atoms with Crippen molar-refractivity contribution in [3.63, 3.8) is 0 Å². The first-order valence-electron chi connectivity index (χ1n) is 6.24. The third kappa shape index (κ3) is 4.08. The van der Waals surface area contributed by atoms with Crippen molar-refractivity contribution in [1.29, 1.82) is 0 Å². The van der Waals surface area contributed by atoms with E-state index in [-0.39, 0.29) is 16.5 Å². The largest absolute Gasteiger partial charge is 0.479 e. The van der Waals surface area contributed by atoms with Gasteiger partial charge >= 0.3 is 0 Å². The molecule has 0 aliphatic carbocycles. The Morgan fingerprint density at radius 1 is 1.18 bits per heavy atom. The van der Waals surface area contributed by atoms with Gasteiger partial charge in [0, 0.05) is 11.1 Å². The Morgan fingerprint density at radius 2 is 1.91 bits per heavy atom. The summed E-state index contributed by atoms with van der Waals surface area (Å²) in [5.74, 6) is -1.79. The molecule has 0 aromatic heterocycles. The summed E-state index contributed by atoms with van der Waals surface area (Å²) in [6.07, 6.45) is -0.971. The van der Waals surface area contributed by atoms with Crippen LogP contribution in [-0.2, 0) is 4.79 Å². The number of ether oxygens (including phenoxy) is 1. The molecule has 0 aliphatic heterocycles. The van der Waals surface area contributed by atoms with E-state index in [2.05, 4.69) is 5.32 Å². The van der Waals surface area contributed by atoms with Gasteiger partial charge < -0.3 is 10.1 Å². The van der Waals surface area contributed by atoms with Crippen molar-refractivity contribution in [2.45, 2.75) is 13.0 Å². The second kappa shape index (κ2) is 6.94. The van der Waals surface area contributed by atoms with E-state index in [1.807, 2.05) is 0 Å². The summed E-state index contributed by atoms with van der Waals surface area (Å²) in [5.41, 5.74) is -0.261. The number of hydrogen-bond acceptors (Lipinski definition) is 2. The van der Waals surface area contributed by atoms with Crippen molar-refractivity contribution in [1.82, 2.24) is 0 Å². The molecule has 3 nitrogen and oxygen atoms in total. The van der Waals surface area contributed by atoms with E-state index in [0.29, 0.717) is 5.02 Å². The molecule has 1 atom stereocenters. The van der Waals surface area contributed by atoms with Crippen molar-refractivity contribution in [3.05, 3.63) is 58.1 Å². The summed E-state index contributed by atoms with van der Waals surface area (Å²) in [6, 6.07) is 7.30. The van der Waals surface area contributed by atoms with Crippen LogP contribution >= 0.6 is 23.2 Å². The summed E-state index contributed by atoms with van der Waals surface area (Å²) in [6.45, 7) is 1.46. The number of carbonyl (C=O) groups is 1. The van der Waals surface area contributed by atoms with Crippen molar-refractivity contribution in [3.8, 4) is 5.75 Å². The van der Waals surface area contributed by atoms with Crippen LogP contribution in [0.15, 0.2) is 36.4 Å². The molecule has 116 valence electrons. The molecular weight excluding hydrogens is 335 g/mol. The van der Waals surface area contributed by atoms with Crippen LogP contribution in [0.25, 0.3) is 0 Å². The Balaban J connectivity index is 2.07. The van der Waals surface area contributed by atoms with Crippen molar-refractivity contribution >= 4 is 34.8 Å². The monoisotopic (exact) mass is 345 g/mol. The molecule has 2 aromatic rings. The standard InChI is InChI=1S/C15H11Cl2F2NO2/c1-8(22-14-5-2-9(16)6-11(14)17)15(21)20-13-7-10(18)3-4-12(13)19/h2-8H,1H3,(H,20,21). The number of hydrogen-bond donors (Lipinski definition) is 1. The molecule has 1 unspecified atom stereocenters. The van der Waals surface area contributed by atoms with E-state index < -0.39 is 23.6 Å². The van der Waals surface area contributed by atoms with Crippen molar-refractivity contribution < 1.29 is 18.3 Å². The lowest BCUT2D eigenvalue weighted by Gasteiger charge is -2.16. The fraction of sp³-hybridized carbons (Fsp3) is 0.133. The minimum atomic E-state index is -0.971. The van der Waals surface area contributed by atoms with Gasteiger partial charge in [0.1, 0.15) is 17.4 Å². The highest BCUT2D eigenvalue weighted by atomic mass is 35.5. The zero-order chi connectivity index (χ0) is 16.3.